The van der Waals surface area contributed by atoms with Crippen molar-refractivity contribution in [2.24, 2.45) is 5.73 Å². The van der Waals surface area contributed by atoms with E-state index >= 15 is 0 Å². The van der Waals surface area contributed by atoms with Gasteiger partial charge in [0, 0.05) is 19.6 Å². The summed E-state index contributed by atoms with van der Waals surface area (Å²) in [5, 5.41) is 0. The van der Waals surface area contributed by atoms with Crippen LogP contribution >= 0.6 is 0 Å². The van der Waals surface area contributed by atoms with Gasteiger partial charge < -0.3 is 15.2 Å². The molecule has 2 N–H and O–H groups in total. The van der Waals surface area contributed by atoms with Gasteiger partial charge in [-0.05, 0) is 27.2 Å². The molecule has 1 aliphatic rings. The van der Waals surface area contributed by atoms with Crippen molar-refractivity contribution < 1.29 is 14.3 Å². The second-order valence-corrected chi connectivity index (χ2v) is 4.66. The Hall–Kier alpha value is -0.650. The van der Waals surface area contributed by atoms with E-state index in [2.05, 4.69) is 18.7 Å². The second kappa shape index (κ2) is 6.93. The number of nitrogens with two attached hydrogens (primary N) is 1. The molecule has 0 spiro atoms. The average Bonchev–Trinajstić information content (AvgIpc) is 2.25. The first-order valence-electron chi connectivity index (χ1n) is 6.33. The van der Waals surface area contributed by atoms with E-state index in [-0.39, 0.29) is 18.2 Å². The fraction of sp³-hybridized carbons (Fsp3) is 0.917. The van der Waals surface area contributed by atoms with Crippen LogP contribution in [-0.4, -0.2) is 55.4 Å². The molecule has 17 heavy (non-hydrogen) atoms. The lowest BCUT2D eigenvalue weighted by molar-refractivity contribution is -0.145. The van der Waals surface area contributed by atoms with Crippen molar-refractivity contribution in [2.45, 2.75) is 45.4 Å². The number of carbonyl (C=O) groups is 1. The molecule has 0 aromatic carbocycles. The van der Waals surface area contributed by atoms with Gasteiger partial charge in [0.15, 0.2) is 0 Å². The lowest BCUT2D eigenvalue weighted by Crippen LogP contribution is -2.47. The molecule has 0 radical (unpaired) electrons. The van der Waals surface area contributed by atoms with E-state index in [4.69, 9.17) is 15.2 Å². The molecule has 3 atom stereocenters. The van der Waals surface area contributed by atoms with Crippen LogP contribution in [0.2, 0.25) is 0 Å². The van der Waals surface area contributed by atoms with Crippen LogP contribution in [-0.2, 0) is 14.3 Å². The van der Waals surface area contributed by atoms with Crippen molar-refractivity contribution in [3.05, 3.63) is 0 Å². The van der Waals surface area contributed by atoms with E-state index in [9.17, 15) is 4.79 Å². The number of hydrogen-bond acceptors (Lipinski definition) is 5. The highest BCUT2D eigenvalue weighted by atomic mass is 16.5. The van der Waals surface area contributed by atoms with E-state index in [0.717, 1.165) is 19.6 Å². The van der Waals surface area contributed by atoms with Gasteiger partial charge in [-0.15, -0.1) is 0 Å². The van der Waals surface area contributed by atoms with Crippen LogP contribution in [0.25, 0.3) is 0 Å². The van der Waals surface area contributed by atoms with Gasteiger partial charge in [0.05, 0.1) is 18.8 Å². The summed E-state index contributed by atoms with van der Waals surface area (Å²) in [6, 6.07) is -0.511. The molecular formula is C12H24N2O3. The summed E-state index contributed by atoms with van der Waals surface area (Å²) in [7, 11) is 0. The zero-order valence-electron chi connectivity index (χ0n) is 11.0. The standard InChI is InChI=1S/C12H24N2O3/c1-4-16-12(15)11(13)5-6-14-7-9(2)17-10(3)8-14/h9-11H,4-8,13H2,1-3H3. The predicted molar refractivity (Wildman–Crippen MR) is 65.7 cm³/mol. The summed E-state index contributed by atoms with van der Waals surface area (Å²) in [4.78, 5) is 13.6. The number of morpholine rings is 1. The van der Waals surface area contributed by atoms with Crippen LogP contribution in [0.5, 0.6) is 0 Å². The van der Waals surface area contributed by atoms with Gasteiger partial charge in [0.1, 0.15) is 6.04 Å². The molecule has 3 unspecified atom stereocenters. The van der Waals surface area contributed by atoms with Crippen LogP contribution in [0.4, 0.5) is 0 Å². The quantitative estimate of drug-likeness (QED) is 0.708. The molecule has 0 aromatic heterocycles. The van der Waals surface area contributed by atoms with Crippen molar-refractivity contribution in [3.63, 3.8) is 0 Å². The SMILES string of the molecule is CCOC(=O)C(N)CCN1CC(C)OC(C)C1. The van der Waals surface area contributed by atoms with E-state index in [0.29, 0.717) is 13.0 Å². The van der Waals surface area contributed by atoms with Crippen molar-refractivity contribution in [2.75, 3.05) is 26.2 Å². The number of nitrogens with zero attached hydrogens (tertiary/aromatic N) is 1. The molecule has 0 aliphatic carbocycles. The predicted octanol–water partition coefficient (Wildman–Crippen LogP) is 0.376. The summed E-state index contributed by atoms with van der Waals surface area (Å²) in [6.45, 7) is 8.92. The number of carbonyl (C=O) groups excluding carboxylic acids is 1. The Labute approximate surface area is 103 Å². The lowest BCUT2D eigenvalue weighted by Gasteiger charge is -2.35. The topological polar surface area (TPSA) is 64.8 Å². The van der Waals surface area contributed by atoms with Crippen LogP contribution < -0.4 is 5.73 Å². The Bertz CT molecular complexity index is 238. The van der Waals surface area contributed by atoms with Crippen LogP contribution in [0.3, 0.4) is 0 Å². The zero-order chi connectivity index (χ0) is 12.8. The number of ether oxygens (including phenoxy) is 2. The molecule has 5 heteroatoms. The fourth-order valence-electron chi connectivity index (χ4n) is 2.16. The van der Waals surface area contributed by atoms with Gasteiger partial charge in [0.2, 0.25) is 0 Å². The minimum Gasteiger partial charge on any atom is -0.465 e. The highest BCUT2D eigenvalue weighted by molar-refractivity contribution is 5.75. The van der Waals surface area contributed by atoms with E-state index in [1.54, 1.807) is 6.92 Å². The third kappa shape index (κ3) is 5.02. The zero-order valence-corrected chi connectivity index (χ0v) is 11.0. The molecule has 1 saturated heterocycles. The third-order valence-electron chi connectivity index (χ3n) is 2.84. The summed E-state index contributed by atoms with van der Waals surface area (Å²) >= 11 is 0. The minimum atomic E-state index is -0.511. The van der Waals surface area contributed by atoms with Crippen molar-refractivity contribution >= 4 is 5.97 Å². The maximum absolute atomic E-state index is 11.4. The Morgan fingerprint density at radius 3 is 2.59 bits per heavy atom. The first-order valence-corrected chi connectivity index (χ1v) is 6.33. The van der Waals surface area contributed by atoms with Crippen LogP contribution in [0.1, 0.15) is 27.2 Å². The fourth-order valence-corrected chi connectivity index (χ4v) is 2.16. The van der Waals surface area contributed by atoms with Crippen molar-refractivity contribution in [3.8, 4) is 0 Å². The monoisotopic (exact) mass is 244 g/mol. The van der Waals surface area contributed by atoms with Gasteiger partial charge >= 0.3 is 5.97 Å². The molecule has 1 aliphatic heterocycles. The number of esters is 1. The molecule has 5 nitrogen and oxygen atoms in total. The maximum atomic E-state index is 11.4. The normalized spacial score (nSPS) is 27.8. The second-order valence-electron chi connectivity index (χ2n) is 4.66. The largest absolute Gasteiger partial charge is 0.465 e. The first-order chi connectivity index (χ1) is 8.02. The van der Waals surface area contributed by atoms with Crippen molar-refractivity contribution in [1.29, 1.82) is 0 Å². The lowest BCUT2D eigenvalue weighted by atomic mass is 10.1. The highest BCUT2D eigenvalue weighted by Gasteiger charge is 2.23. The van der Waals surface area contributed by atoms with Gasteiger partial charge in [-0.2, -0.15) is 0 Å². The Morgan fingerprint density at radius 1 is 1.47 bits per heavy atom. The van der Waals surface area contributed by atoms with Gasteiger partial charge in [-0.1, -0.05) is 0 Å². The Morgan fingerprint density at radius 2 is 2.06 bits per heavy atom. The molecular weight excluding hydrogens is 220 g/mol. The molecule has 0 bridgehead atoms. The smallest absolute Gasteiger partial charge is 0.322 e. The molecule has 0 saturated carbocycles. The molecule has 0 aromatic rings. The Balaban J connectivity index is 2.27. The highest BCUT2D eigenvalue weighted by Crippen LogP contribution is 2.11. The maximum Gasteiger partial charge on any atom is 0.322 e. The average molecular weight is 244 g/mol. The Kier molecular flexibility index (Phi) is 5.88. The molecule has 1 heterocycles. The van der Waals surface area contributed by atoms with Crippen molar-refractivity contribution in [1.82, 2.24) is 4.90 Å². The molecule has 100 valence electrons. The van der Waals surface area contributed by atoms with Gasteiger partial charge in [0.25, 0.3) is 0 Å². The summed E-state index contributed by atoms with van der Waals surface area (Å²) in [5.74, 6) is -0.304. The molecule has 1 fully saturated rings. The van der Waals surface area contributed by atoms with Gasteiger partial charge in [-0.25, -0.2) is 0 Å². The molecule has 0 amide bonds. The minimum absolute atomic E-state index is 0.248. The van der Waals surface area contributed by atoms with E-state index < -0.39 is 6.04 Å². The summed E-state index contributed by atoms with van der Waals surface area (Å²) in [6.07, 6.45) is 1.13. The van der Waals surface area contributed by atoms with Crippen LogP contribution in [0.15, 0.2) is 0 Å². The molecule has 1 rings (SSSR count). The van der Waals surface area contributed by atoms with E-state index in [1.807, 2.05) is 0 Å². The number of hydrogen-bond donors (Lipinski definition) is 1. The first kappa shape index (κ1) is 14.4. The third-order valence-corrected chi connectivity index (χ3v) is 2.84. The number of rotatable bonds is 5. The summed E-state index contributed by atoms with van der Waals surface area (Å²) in [5.41, 5.74) is 5.76. The summed E-state index contributed by atoms with van der Waals surface area (Å²) < 4.78 is 10.5. The van der Waals surface area contributed by atoms with Gasteiger partial charge in [-0.3, -0.25) is 9.69 Å². The van der Waals surface area contributed by atoms with Crippen LogP contribution in [0, 0.1) is 0 Å². The van der Waals surface area contributed by atoms with E-state index in [1.165, 1.54) is 0 Å².